The Balaban J connectivity index is 1.88. The topological polar surface area (TPSA) is 49.4 Å². The number of hydrogen-bond donors (Lipinski definition) is 1. The average molecular weight is 334 g/mol. The molecule has 0 aliphatic carbocycles. The zero-order chi connectivity index (χ0) is 17.5. The molecule has 1 aromatic carbocycles. The largest absolute Gasteiger partial charge is 0.356 e. The van der Waals surface area contributed by atoms with E-state index in [1.165, 1.54) is 18.6 Å². The van der Waals surface area contributed by atoms with Crippen LogP contribution in [0, 0.1) is 17.7 Å². The van der Waals surface area contributed by atoms with Gasteiger partial charge in [-0.15, -0.1) is 0 Å². The number of carbonyl (C=O) groups excluding carboxylic acids is 2. The van der Waals surface area contributed by atoms with Crippen LogP contribution in [0.5, 0.6) is 0 Å². The van der Waals surface area contributed by atoms with Crippen molar-refractivity contribution in [2.75, 3.05) is 18.0 Å². The lowest BCUT2D eigenvalue weighted by Crippen LogP contribution is -2.35. The third kappa shape index (κ3) is 4.79. The van der Waals surface area contributed by atoms with Gasteiger partial charge in [0.25, 0.3) is 0 Å². The first-order valence-corrected chi connectivity index (χ1v) is 8.88. The van der Waals surface area contributed by atoms with E-state index in [1.54, 1.807) is 17.0 Å². The maximum atomic E-state index is 13.0. The molecule has 1 aliphatic heterocycles. The molecule has 132 valence electrons. The van der Waals surface area contributed by atoms with Crippen molar-refractivity contribution in [1.82, 2.24) is 5.32 Å². The van der Waals surface area contributed by atoms with Crippen molar-refractivity contribution in [1.29, 1.82) is 0 Å². The molecular weight excluding hydrogens is 307 g/mol. The van der Waals surface area contributed by atoms with Gasteiger partial charge < -0.3 is 10.2 Å². The Morgan fingerprint density at radius 2 is 2.04 bits per heavy atom. The number of nitrogens with zero attached hydrogens (tertiary/aromatic N) is 1. The van der Waals surface area contributed by atoms with Crippen LogP contribution in [0.25, 0.3) is 0 Å². The van der Waals surface area contributed by atoms with Gasteiger partial charge in [-0.05, 0) is 36.6 Å². The Morgan fingerprint density at radius 1 is 1.33 bits per heavy atom. The molecule has 24 heavy (non-hydrogen) atoms. The Hall–Kier alpha value is -1.91. The van der Waals surface area contributed by atoms with Crippen molar-refractivity contribution in [2.45, 2.75) is 46.0 Å². The predicted octanol–water partition coefficient (Wildman–Crippen LogP) is 3.51. The average Bonchev–Trinajstić information content (AvgIpc) is 2.97. The molecule has 2 amide bonds. The molecule has 1 aromatic rings. The van der Waals surface area contributed by atoms with Crippen LogP contribution in [0.1, 0.15) is 46.0 Å². The molecule has 1 heterocycles. The lowest BCUT2D eigenvalue weighted by molar-refractivity contribution is -0.126. The summed E-state index contributed by atoms with van der Waals surface area (Å²) >= 11 is 0. The Kier molecular flexibility index (Phi) is 6.76. The van der Waals surface area contributed by atoms with Crippen molar-refractivity contribution in [3.8, 4) is 0 Å². The summed E-state index contributed by atoms with van der Waals surface area (Å²) in [5.74, 6) is -0.300. The highest BCUT2D eigenvalue weighted by Crippen LogP contribution is 2.25. The summed E-state index contributed by atoms with van der Waals surface area (Å²) in [7, 11) is 0. The molecule has 1 saturated heterocycles. The summed E-state index contributed by atoms with van der Waals surface area (Å²) in [6.45, 7) is 5.35. The molecule has 0 spiro atoms. The second-order valence-corrected chi connectivity index (χ2v) is 6.54. The van der Waals surface area contributed by atoms with Crippen LogP contribution in [-0.2, 0) is 9.59 Å². The predicted molar refractivity (Wildman–Crippen MR) is 93.2 cm³/mol. The van der Waals surface area contributed by atoms with Crippen molar-refractivity contribution >= 4 is 17.5 Å². The Labute approximate surface area is 143 Å². The lowest BCUT2D eigenvalue weighted by atomic mass is 9.99. The summed E-state index contributed by atoms with van der Waals surface area (Å²) in [4.78, 5) is 26.1. The van der Waals surface area contributed by atoms with Gasteiger partial charge in [-0.1, -0.05) is 33.1 Å². The minimum absolute atomic E-state index is 0.0529. The maximum absolute atomic E-state index is 13.0. The van der Waals surface area contributed by atoms with Crippen LogP contribution < -0.4 is 10.2 Å². The zero-order valence-electron chi connectivity index (χ0n) is 14.6. The normalized spacial score (nSPS) is 18.7. The van der Waals surface area contributed by atoms with Crippen molar-refractivity contribution in [3.05, 3.63) is 30.1 Å². The summed E-state index contributed by atoms with van der Waals surface area (Å²) in [6.07, 6.45) is 4.72. The van der Waals surface area contributed by atoms with E-state index in [0.29, 0.717) is 24.7 Å². The molecule has 2 unspecified atom stereocenters. The zero-order valence-corrected chi connectivity index (χ0v) is 14.6. The summed E-state index contributed by atoms with van der Waals surface area (Å²) in [5.41, 5.74) is 0.645. The third-order valence-corrected chi connectivity index (χ3v) is 4.74. The smallest absolute Gasteiger partial charge is 0.227 e. The van der Waals surface area contributed by atoms with Gasteiger partial charge in [0, 0.05) is 25.2 Å². The fraction of sp³-hybridized carbons (Fsp3) is 0.579. The van der Waals surface area contributed by atoms with E-state index in [4.69, 9.17) is 0 Å². The van der Waals surface area contributed by atoms with E-state index in [-0.39, 0.29) is 30.0 Å². The van der Waals surface area contributed by atoms with E-state index in [9.17, 15) is 14.0 Å². The molecular formula is C19H27FN2O2. The molecule has 2 rings (SSSR count). The minimum Gasteiger partial charge on any atom is -0.356 e. The van der Waals surface area contributed by atoms with E-state index in [0.717, 1.165) is 19.3 Å². The molecule has 0 aromatic heterocycles. The van der Waals surface area contributed by atoms with Crippen molar-refractivity contribution < 1.29 is 14.0 Å². The standard InChI is InChI=1S/C19H27FN2O2/c1-3-5-6-14(4-2)12-21-19(24)15-11-18(23)22(13-15)17-9-7-16(20)8-10-17/h7-10,14-15H,3-6,11-13H2,1-2H3,(H,21,24). The highest BCUT2D eigenvalue weighted by atomic mass is 19.1. The number of carbonyl (C=O) groups is 2. The van der Waals surface area contributed by atoms with Gasteiger partial charge in [-0.25, -0.2) is 4.39 Å². The number of rotatable bonds is 8. The maximum Gasteiger partial charge on any atom is 0.227 e. The van der Waals surface area contributed by atoms with Gasteiger partial charge in [-0.2, -0.15) is 0 Å². The number of amides is 2. The number of benzene rings is 1. The first-order valence-electron chi connectivity index (χ1n) is 8.88. The van der Waals surface area contributed by atoms with Gasteiger partial charge in [0.1, 0.15) is 5.82 Å². The van der Waals surface area contributed by atoms with Gasteiger partial charge in [0.05, 0.1) is 5.92 Å². The van der Waals surface area contributed by atoms with E-state index >= 15 is 0 Å². The van der Waals surface area contributed by atoms with Crippen LogP contribution in [0.15, 0.2) is 24.3 Å². The van der Waals surface area contributed by atoms with Crippen LogP contribution in [-0.4, -0.2) is 24.9 Å². The van der Waals surface area contributed by atoms with Crippen LogP contribution >= 0.6 is 0 Å². The molecule has 1 fully saturated rings. The van der Waals surface area contributed by atoms with Crippen LogP contribution in [0.3, 0.4) is 0 Å². The molecule has 0 bridgehead atoms. The molecule has 5 heteroatoms. The van der Waals surface area contributed by atoms with E-state index in [1.807, 2.05) is 0 Å². The first-order chi connectivity index (χ1) is 11.5. The quantitative estimate of drug-likeness (QED) is 0.791. The molecule has 4 nitrogen and oxygen atoms in total. The monoisotopic (exact) mass is 334 g/mol. The van der Waals surface area contributed by atoms with E-state index in [2.05, 4.69) is 19.2 Å². The summed E-state index contributed by atoms with van der Waals surface area (Å²) in [6, 6.07) is 5.81. The molecule has 2 atom stereocenters. The second-order valence-electron chi connectivity index (χ2n) is 6.54. The van der Waals surface area contributed by atoms with Gasteiger partial charge in [0.2, 0.25) is 11.8 Å². The fourth-order valence-corrected chi connectivity index (χ4v) is 3.09. The highest BCUT2D eigenvalue weighted by Gasteiger charge is 2.35. The summed E-state index contributed by atoms with van der Waals surface area (Å²) < 4.78 is 13.0. The summed E-state index contributed by atoms with van der Waals surface area (Å²) in [5, 5.41) is 3.01. The highest BCUT2D eigenvalue weighted by molar-refractivity contribution is 6.00. The van der Waals surface area contributed by atoms with Gasteiger partial charge in [-0.3, -0.25) is 9.59 Å². The number of nitrogens with one attached hydrogen (secondary N) is 1. The molecule has 0 saturated carbocycles. The molecule has 1 N–H and O–H groups in total. The van der Waals surface area contributed by atoms with Gasteiger partial charge >= 0.3 is 0 Å². The molecule has 0 radical (unpaired) electrons. The lowest BCUT2D eigenvalue weighted by Gasteiger charge is -2.18. The van der Waals surface area contributed by atoms with Crippen LogP contribution in [0.2, 0.25) is 0 Å². The molecule has 1 aliphatic rings. The third-order valence-electron chi connectivity index (χ3n) is 4.74. The van der Waals surface area contributed by atoms with E-state index < -0.39 is 0 Å². The SMILES string of the molecule is CCCCC(CC)CNC(=O)C1CC(=O)N(c2ccc(F)cc2)C1. The fourth-order valence-electron chi connectivity index (χ4n) is 3.09. The van der Waals surface area contributed by atoms with Crippen molar-refractivity contribution in [3.63, 3.8) is 0 Å². The van der Waals surface area contributed by atoms with Crippen LogP contribution in [0.4, 0.5) is 10.1 Å². The Bertz CT molecular complexity index is 559. The number of anilines is 1. The van der Waals surface area contributed by atoms with Gasteiger partial charge in [0.15, 0.2) is 0 Å². The van der Waals surface area contributed by atoms with Crippen molar-refractivity contribution in [2.24, 2.45) is 11.8 Å². The number of unbranched alkanes of at least 4 members (excludes halogenated alkanes) is 1. The Morgan fingerprint density at radius 3 is 2.67 bits per heavy atom. The minimum atomic E-state index is -0.336. The second kappa shape index (κ2) is 8.81. The number of halogens is 1. The first kappa shape index (κ1) is 18.4. The number of hydrogen-bond acceptors (Lipinski definition) is 2.